The SMILES string of the molecule is Cc1c(C2CC(c3ncc4[nH]ccc4n3)CC(C)N2)cnn1-c1ccccc1.Cl.O. The second-order valence-electron chi connectivity index (χ2n) is 7.73. The highest BCUT2D eigenvalue weighted by Crippen LogP contribution is 2.36. The molecule has 1 aliphatic rings. The summed E-state index contributed by atoms with van der Waals surface area (Å²) in [5.41, 5.74) is 5.50. The van der Waals surface area contributed by atoms with Crippen molar-refractivity contribution in [3.8, 4) is 5.69 Å². The number of H-pyrrole nitrogens is 1. The van der Waals surface area contributed by atoms with Gasteiger partial charge in [0.2, 0.25) is 0 Å². The lowest BCUT2D eigenvalue weighted by Gasteiger charge is -2.34. The van der Waals surface area contributed by atoms with Gasteiger partial charge in [-0.25, -0.2) is 14.6 Å². The van der Waals surface area contributed by atoms with Crippen molar-refractivity contribution in [2.75, 3.05) is 0 Å². The number of hydrogen-bond acceptors (Lipinski definition) is 4. The number of aromatic nitrogens is 5. The fourth-order valence-corrected chi connectivity index (χ4v) is 4.36. The Morgan fingerprint density at radius 3 is 2.67 bits per heavy atom. The summed E-state index contributed by atoms with van der Waals surface area (Å²) in [4.78, 5) is 12.6. The van der Waals surface area contributed by atoms with E-state index >= 15 is 0 Å². The highest BCUT2D eigenvalue weighted by molar-refractivity contribution is 5.85. The van der Waals surface area contributed by atoms with E-state index in [0.29, 0.717) is 12.0 Å². The van der Waals surface area contributed by atoms with Crippen molar-refractivity contribution in [3.05, 3.63) is 72.1 Å². The maximum absolute atomic E-state index is 4.81. The summed E-state index contributed by atoms with van der Waals surface area (Å²) in [7, 11) is 0. The molecule has 0 radical (unpaired) electrons. The minimum absolute atomic E-state index is 0. The number of rotatable bonds is 3. The van der Waals surface area contributed by atoms with Gasteiger partial charge in [0.05, 0.1) is 29.1 Å². The monoisotopic (exact) mass is 426 g/mol. The normalized spacial score (nSPS) is 21.1. The van der Waals surface area contributed by atoms with Crippen molar-refractivity contribution in [1.82, 2.24) is 30.0 Å². The molecule has 3 unspecified atom stereocenters. The maximum Gasteiger partial charge on any atom is 0.132 e. The van der Waals surface area contributed by atoms with Gasteiger partial charge in [-0.05, 0) is 44.9 Å². The second kappa shape index (κ2) is 8.95. The summed E-state index contributed by atoms with van der Waals surface area (Å²) in [6.45, 7) is 4.39. The lowest BCUT2D eigenvalue weighted by atomic mass is 9.85. The number of piperidine rings is 1. The van der Waals surface area contributed by atoms with Crippen molar-refractivity contribution < 1.29 is 5.48 Å². The smallest absolute Gasteiger partial charge is 0.132 e. The Morgan fingerprint density at radius 1 is 1.07 bits per heavy atom. The molecule has 7 nitrogen and oxygen atoms in total. The zero-order chi connectivity index (χ0) is 19.1. The molecule has 4 N–H and O–H groups in total. The third-order valence-electron chi connectivity index (χ3n) is 5.75. The summed E-state index contributed by atoms with van der Waals surface area (Å²) < 4.78 is 2.02. The summed E-state index contributed by atoms with van der Waals surface area (Å²) in [6.07, 6.45) is 7.83. The van der Waals surface area contributed by atoms with E-state index in [0.717, 1.165) is 35.4 Å². The van der Waals surface area contributed by atoms with Crippen LogP contribution >= 0.6 is 12.4 Å². The minimum Gasteiger partial charge on any atom is -0.412 e. The zero-order valence-electron chi connectivity index (χ0n) is 17.0. The molecule has 1 fully saturated rings. The largest absolute Gasteiger partial charge is 0.412 e. The molecular weight excluding hydrogens is 400 g/mol. The highest BCUT2D eigenvalue weighted by atomic mass is 35.5. The third kappa shape index (κ3) is 3.96. The van der Waals surface area contributed by atoms with Crippen LogP contribution in [0.5, 0.6) is 0 Å². The first-order chi connectivity index (χ1) is 13.7. The molecular formula is C22H27ClN6O. The molecule has 0 bridgehead atoms. The Bertz CT molecular complexity index is 1110. The molecule has 8 heteroatoms. The summed E-state index contributed by atoms with van der Waals surface area (Å²) in [5, 5.41) is 8.41. The van der Waals surface area contributed by atoms with Gasteiger partial charge in [0.25, 0.3) is 0 Å². The van der Waals surface area contributed by atoms with Gasteiger partial charge < -0.3 is 15.8 Å². The van der Waals surface area contributed by atoms with Crippen molar-refractivity contribution in [1.29, 1.82) is 0 Å². The molecule has 5 rings (SSSR count). The minimum atomic E-state index is 0. The molecule has 158 valence electrons. The predicted molar refractivity (Wildman–Crippen MR) is 120 cm³/mol. The number of nitrogens with zero attached hydrogens (tertiary/aromatic N) is 4. The molecule has 1 aromatic carbocycles. The van der Waals surface area contributed by atoms with E-state index in [1.165, 1.54) is 11.3 Å². The van der Waals surface area contributed by atoms with Crippen molar-refractivity contribution in [3.63, 3.8) is 0 Å². The molecule has 0 amide bonds. The van der Waals surface area contributed by atoms with Crippen LogP contribution < -0.4 is 5.32 Å². The van der Waals surface area contributed by atoms with Crippen LogP contribution in [0.3, 0.4) is 0 Å². The van der Waals surface area contributed by atoms with Crippen LogP contribution in [0.1, 0.15) is 48.8 Å². The molecule has 0 saturated carbocycles. The van der Waals surface area contributed by atoms with Crippen LogP contribution in [0, 0.1) is 6.92 Å². The fourth-order valence-electron chi connectivity index (χ4n) is 4.36. The lowest BCUT2D eigenvalue weighted by Crippen LogP contribution is -2.38. The molecule has 3 aromatic heterocycles. The van der Waals surface area contributed by atoms with Crippen molar-refractivity contribution in [2.24, 2.45) is 0 Å². The Balaban J connectivity index is 0.00000128. The van der Waals surface area contributed by atoms with E-state index in [2.05, 4.69) is 46.4 Å². The topological polar surface area (TPSA) is 103 Å². The van der Waals surface area contributed by atoms with Gasteiger partial charge in [-0.15, -0.1) is 12.4 Å². The molecule has 1 saturated heterocycles. The van der Waals surface area contributed by atoms with Gasteiger partial charge >= 0.3 is 0 Å². The summed E-state index contributed by atoms with van der Waals surface area (Å²) in [6, 6.07) is 12.9. The van der Waals surface area contributed by atoms with Gasteiger partial charge in [0.1, 0.15) is 5.82 Å². The standard InChI is InChI=1S/C22H24N6.ClH.H2O/c1-14-10-16(22-24-13-21-19(27-22)8-9-23-21)11-20(26-14)18-12-25-28(15(18)2)17-6-4-3-5-7-17;;/h3-9,12-14,16,20,23,26H,10-11H2,1-2H3;1H;1H2. The zero-order valence-corrected chi connectivity index (χ0v) is 17.9. The number of fused-ring (bicyclic) bond motifs is 1. The van der Waals surface area contributed by atoms with Crippen LogP contribution in [0.2, 0.25) is 0 Å². The molecule has 4 aromatic rings. The molecule has 3 atom stereocenters. The van der Waals surface area contributed by atoms with E-state index < -0.39 is 0 Å². The van der Waals surface area contributed by atoms with E-state index in [1.807, 2.05) is 47.5 Å². The first kappa shape index (κ1) is 22.0. The average molecular weight is 427 g/mol. The number of benzene rings is 1. The number of para-hydroxylation sites is 1. The number of nitrogens with one attached hydrogen (secondary N) is 2. The quantitative estimate of drug-likeness (QED) is 0.521. The molecule has 1 aliphatic heterocycles. The maximum atomic E-state index is 4.81. The van der Waals surface area contributed by atoms with E-state index in [9.17, 15) is 0 Å². The lowest BCUT2D eigenvalue weighted by molar-refractivity contribution is 0.299. The predicted octanol–water partition coefficient (Wildman–Crippen LogP) is 3.65. The van der Waals surface area contributed by atoms with Crippen molar-refractivity contribution in [2.45, 2.75) is 44.7 Å². The Labute approximate surface area is 181 Å². The summed E-state index contributed by atoms with van der Waals surface area (Å²) >= 11 is 0. The highest BCUT2D eigenvalue weighted by Gasteiger charge is 2.31. The first-order valence-corrected chi connectivity index (χ1v) is 9.85. The van der Waals surface area contributed by atoms with Crippen LogP contribution in [0.15, 0.2) is 55.0 Å². The van der Waals surface area contributed by atoms with Crippen LogP contribution in [-0.4, -0.2) is 36.3 Å². The third-order valence-corrected chi connectivity index (χ3v) is 5.75. The van der Waals surface area contributed by atoms with Gasteiger partial charge in [0, 0.05) is 35.5 Å². The Morgan fingerprint density at radius 2 is 1.87 bits per heavy atom. The van der Waals surface area contributed by atoms with Gasteiger partial charge in [0.15, 0.2) is 0 Å². The van der Waals surface area contributed by atoms with Gasteiger partial charge in [-0.3, -0.25) is 0 Å². The summed E-state index contributed by atoms with van der Waals surface area (Å²) in [5.74, 6) is 1.28. The number of hydrogen-bond donors (Lipinski definition) is 2. The van der Waals surface area contributed by atoms with Gasteiger partial charge in [-0.1, -0.05) is 18.2 Å². The average Bonchev–Trinajstić information content (AvgIpc) is 3.34. The van der Waals surface area contributed by atoms with Gasteiger partial charge in [-0.2, -0.15) is 5.10 Å². The first-order valence-electron chi connectivity index (χ1n) is 9.85. The number of halogens is 1. The van der Waals surface area contributed by atoms with E-state index in [4.69, 9.17) is 4.98 Å². The van der Waals surface area contributed by atoms with E-state index in [1.54, 1.807) is 0 Å². The Kier molecular flexibility index (Phi) is 6.55. The molecule has 0 aliphatic carbocycles. The second-order valence-corrected chi connectivity index (χ2v) is 7.73. The van der Waals surface area contributed by atoms with E-state index in [-0.39, 0.29) is 23.9 Å². The Hall–Kier alpha value is -2.74. The number of aromatic amines is 1. The molecule has 30 heavy (non-hydrogen) atoms. The molecule has 4 heterocycles. The van der Waals surface area contributed by atoms with Crippen molar-refractivity contribution >= 4 is 23.4 Å². The molecule has 0 spiro atoms. The van der Waals surface area contributed by atoms with Crippen LogP contribution in [0.25, 0.3) is 16.7 Å². The van der Waals surface area contributed by atoms with Crippen LogP contribution in [-0.2, 0) is 0 Å². The fraction of sp³-hybridized carbons (Fsp3) is 0.318. The van der Waals surface area contributed by atoms with Crippen LogP contribution in [0.4, 0.5) is 0 Å².